The number of benzene rings is 2. The smallest absolute Gasteiger partial charge is 0.286 e. The van der Waals surface area contributed by atoms with Gasteiger partial charge in [-0.05, 0) is 51.0 Å². The predicted molar refractivity (Wildman–Crippen MR) is 136 cm³/mol. The topological polar surface area (TPSA) is 142 Å². The van der Waals surface area contributed by atoms with Gasteiger partial charge in [0.25, 0.3) is 10.0 Å². The summed E-state index contributed by atoms with van der Waals surface area (Å²) >= 11 is 0. The standard InChI is InChI=1S/C24H25N3O6S2/c1-14(2)11-12-24(3)17-8-6-5-7-16(17)21(28)20(22(24)29)23-25-18-10-9-15(26-34(4,30)31)13-19(18)35(32,33)27-23/h5-11,13,26,28H,12H2,1-4H3,(H,25,27)/t24-/m1/s1. The first-order valence-corrected chi connectivity index (χ1v) is 14.0. The Morgan fingerprint density at radius 2 is 1.89 bits per heavy atom. The maximum absolute atomic E-state index is 13.8. The van der Waals surface area contributed by atoms with Crippen LogP contribution < -0.4 is 10.0 Å². The largest absolute Gasteiger partial charge is 0.506 e. The van der Waals surface area contributed by atoms with E-state index in [1.165, 1.54) is 12.1 Å². The Kier molecular flexibility index (Phi) is 5.89. The summed E-state index contributed by atoms with van der Waals surface area (Å²) in [4.78, 5) is 13.6. The second-order valence-corrected chi connectivity index (χ2v) is 12.4. The van der Waals surface area contributed by atoms with Gasteiger partial charge in [-0.1, -0.05) is 35.9 Å². The fourth-order valence-electron chi connectivity index (χ4n) is 4.19. The van der Waals surface area contributed by atoms with E-state index in [0.717, 1.165) is 17.9 Å². The molecular weight excluding hydrogens is 490 g/mol. The van der Waals surface area contributed by atoms with Crippen LogP contribution >= 0.6 is 0 Å². The van der Waals surface area contributed by atoms with Crippen molar-refractivity contribution in [3.05, 3.63) is 70.8 Å². The number of carbonyl (C=O) groups excluding carboxylic acids is 1. The summed E-state index contributed by atoms with van der Waals surface area (Å²) in [5, 5.41) is 13.9. The summed E-state index contributed by atoms with van der Waals surface area (Å²) in [7, 11) is -7.95. The summed E-state index contributed by atoms with van der Waals surface area (Å²) in [6.07, 6.45) is 3.22. The van der Waals surface area contributed by atoms with Gasteiger partial charge in [0, 0.05) is 11.3 Å². The Morgan fingerprint density at radius 3 is 2.54 bits per heavy atom. The monoisotopic (exact) mass is 515 g/mol. The molecule has 0 radical (unpaired) electrons. The molecule has 0 saturated carbocycles. The minimum atomic E-state index is -4.32. The van der Waals surface area contributed by atoms with E-state index in [9.17, 15) is 26.7 Å². The molecule has 1 atom stereocenters. The number of sulfonamides is 2. The number of hydrogen-bond donors (Lipinski definition) is 3. The van der Waals surface area contributed by atoms with Crippen LogP contribution in [0.1, 0.15) is 38.3 Å². The average molecular weight is 516 g/mol. The predicted octanol–water partition coefficient (Wildman–Crippen LogP) is 3.74. The summed E-state index contributed by atoms with van der Waals surface area (Å²) in [6.45, 7) is 5.59. The SMILES string of the molecule is CC(C)=CC[C@@]1(C)C(=O)C(C2=NS(=O)(=O)c3cc(NS(C)(=O)=O)ccc3N2)=C(O)c2ccccc21. The average Bonchev–Trinajstić information content (AvgIpc) is 2.76. The second kappa shape index (κ2) is 8.35. The number of ketones is 1. The van der Waals surface area contributed by atoms with Crippen molar-refractivity contribution in [2.45, 2.75) is 37.5 Å². The zero-order valence-electron chi connectivity index (χ0n) is 19.6. The number of aliphatic hydroxyl groups is 1. The Labute approximate surface area is 204 Å². The maximum atomic E-state index is 13.8. The van der Waals surface area contributed by atoms with Crippen LogP contribution in [0.5, 0.6) is 0 Å². The molecule has 2 aromatic rings. The van der Waals surface area contributed by atoms with E-state index in [4.69, 9.17) is 0 Å². The molecule has 184 valence electrons. The number of allylic oxidation sites excluding steroid dienone is 2. The van der Waals surface area contributed by atoms with Gasteiger partial charge in [-0.15, -0.1) is 4.40 Å². The van der Waals surface area contributed by atoms with Gasteiger partial charge in [0.1, 0.15) is 16.2 Å². The van der Waals surface area contributed by atoms with Gasteiger partial charge in [0.05, 0.1) is 17.4 Å². The van der Waals surface area contributed by atoms with Gasteiger partial charge in [-0.2, -0.15) is 8.42 Å². The molecule has 9 nitrogen and oxygen atoms in total. The third-order valence-corrected chi connectivity index (χ3v) is 7.85. The van der Waals surface area contributed by atoms with Crippen LogP contribution in [0.3, 0.4) is 0 Å². The Morgan fingerprint density at radius 1 is 1.20 bits per heavy atom. The Hall–Kier alpha value is -3.44. The van der Waals surface area contributed by atoms with E-state index in [-0.39, 0.29) is 33.4 Å². The van der Waals surface area contributed by atoms with Gasteiger partial charge >= 0.3 is 0 Å². The van der Waals surface area contributed by atoms with Crippen molar-refractivity contribution >= 4 is 48.8 Å². The lowest BCUT2D eigenvalue weighted by atomic mass is 9.67. The number of carbonyl (C=O) groups is 1. The number of rotatable bonds is 5. The first-order chi connectivity index (χ1) is 16.2. The Balaban J connectivity index is 1.86. The lowest BCUT2D eigenvalue weighted by Crippen LogP contribution is -2.42. The third-order valence-electron chi connectivity index (χ3n) is 5.92. The normalized spacial score (nSPS) is 20.8. The fraction of sp³-hybridized carbons (Fsp3) is 0.250. The highest BCUT2D eigenvalue weighted by Gasteiger charge is 2.46. The number of fused-ring (bicyclic) bond motifs is 2. The van der Waals surface area contributed by atoms with Crippen molar-refractivity contribution < 1.29 is 26.7 Å². The van der Waals surface area contributed by atoms with Crippen molar-refractivity contribution in [2.24, 2.45) is 4.40 Å². The fourth-order valence-corrected chi connectivity index (χ4v) is 5.89. The van der Waals surface area contributed by atoms with Crippen molar-refractivity contribution in [1.29, 1.82) is 0 Å². The molecule has 4 rings (SSSR count). The minimum Gasteiger partial charge on any atom is -0.506 e. The molecule has 35 heavy (non-hydrogen) atoms. The molecule has 1 aliphatic heterocycles. The number of hydrogen-bond acceptors (Lipinski definition) is 7. The third kappa shape index (κ3) is 4.48. The molecule has 0 unspecified atom stereocenters. The van der Waals surface area contributed by atoms with E-state index in [1.807, 2.05) is 19.9 Å². The lowest BCUT2D eigenvalue weighted by molar-refractivity contribution is -0.120. The molecule has 0 saturated heterocycles. The van der Waals surface area contributed by atoms with Crippen molar-refractivity contribution in [2.75, 3.05) is 16.3 Å². The number of anilines is 2. The molecule has 2 aromatic carbocycles. The summed E-state index contributed by atoms with van der Waals surface area (Å²) in [5.74, 6) is -1.12. The van der Waals surface area contributed by atoms with E-state index in [0.29, 0.717) is 17.5 Å². The van der Waals surface area contributed by atoms with Crippen LogP contribution in [0.15, 0.2) is 69.0 Å². The second-order valence-electron chi connectivity index (χ2n) is 9.04. The summed E-state index contributed by atoms with van der Waals surface area (Å²) in [6, 6.07) is 10.9. The van der Waals surface area contributed by atoms with Gasteiger partial charge in [0.15, 0.2) is 11.6 Å². The van der Waals surface area contributed by atoms with Crippen molar-refractivity contribution in [3.63, 3.8) is 0 Å². The molecule has 1 heterocycles. The van der Waals surface area contributed by atoms with Crippen molar-refractivity contribution in [3.8, 4) is 0 Å². The maximum Gasteiger partial charge on any atom is 0.286 e. The van der Waals surface area contributed by atoms with E-state index >= 15 is 0 Å². The quantitative estimate of drug-likeness (QED) is 0.515. The van der Waals surface area contributed by atoms with E-state index in [2.05, 4.69) is 14.4 Å². The first-order valence-electron chi connectivity index (χ1n) is 10.7. The van der Waals surface area contributed by atoms with Crippen LogP contribution in [-0.2, 0) is 30.3 Å². The number of nitrogens with one attached hydrogen (secondary N) is 2. The molecule has 0 amide bonds. The number of amidine groups is 1. The molecule has 0 aromatic heterocycles. The molecule has 2 aliphatic rings. The van der Waals surface area contributed by atoms with Crippen molar-refractivity contribution in [1.82, 2.24) is 0 Å². The summed E-state index contributed by atoms with van der Waals surface area (Å²) in [5.41, 5.74) is 0.946. The number of aliphatic hydroxyl groups excluding tert-OH is 1. The Bertz CT molecular complexity index is 1570. The molecule has 0 spiro atoms. The molecule has 11 heteroatoms. The van der Waals surface area contributed by atoms with Crippen LogP contribution in [0, 0.1) is 0 Å². The molecule has 3 N–H and O–H groups in total. The first kappa shape index (κ1) is 24.7. The molecular formula is C24H25N3O6S2. The van der Waals surface area contributed by atoms with Gasteiger partial charge in [-0.25, -0.2) is 8.42 Å². The lowest BCUT2D eigenvalue weighted by Gasteiger charge is -2.35. The van der Waals surface area contributed by atoms with Gasteiger partial charge in [0.2, 0.25) is 10.0 Å². The van der Waals surface area contributed by atoms with Crippen LogP contribution in [0.25, 0.3) is 5.76 Å². The molecule has 0 bridgehead atoms. The van der Waals surface area contributed by atoms with Crippen LogP contribution in [-0.4, -0.2) is 39.8 Å². The van der Waals surface area contributed by atoms with E-state index < -0.39 is 31.2 Å². The van der Waals surface area contributed by atoms with Crippen LogP contribution in [0.4, 0.5) is 11.4 Å². The zero-order chi connectivity index (χ0) is 25.8. The number of nitrogens with zero attached hydrogens (tertiary/aromatic N) is 1. The molecule has 0 fully saturated rings. The molecule has 1 aliphatic carbocycles. The minimum absolute atomic E-state index is 0.0503. The van der Waals surface area contributed by atoms with Gasteiger partial charge in [-0.3, -0.25) is 9.52 Å². The van der Waals surface area contributed by atoms with E-state index in [1.54, 1.807) is 31.2 Å². The summed E-state index contributed by atoms with van der Waals surface area (Å²) < 4.78 is 55.2. The highest BCUT2D eigenvalue weighted by atomic mass is 32.2. The number of Topliss-reactive ketones (excluding diaryl/α,β-unsaturated/α-hetero) is 1. The van der Waals surface area contributed by atoms with Crippen LogP contribution in [0.2, 0.25) is 0 Å². The highest BCUT2D eigenvalue weighted by molar-refractivity contribution is 7.92. The van der Waals surface area contributed by atoms with Gasteiger partial charge < -0.3 is 10.4 Å². The zero-order valence-corrected chi connectivity index (χ0v) is 21.2. The highest BCUT2D eigenvalue weighted by Crippen LogP contribution is 2.43.